The summed E-state index contributed by atoms with van der Waals surface area (Å²) < 4.78 is -0.889. The molecule has 2 aromatic carbocycles. The number of carbonyl (C=O) groups is 1. The van der Waals surface area contributed by atoms with Gasteiger partial charge in [-0.05, 0) is 41.4 Å². The molecule has 0 atom stereocenters. The Morgan fingerprint density at radius 2 is 1.22 bits per heavy atom. The minimum absolute atomic E-state index is 0.889. The molecule has 3 rings (SSSR count). The molecule has 0 radical (unpaired) electrons. The standard InChI is InChI=1S/C13H9N.CCl2O/c1-3-7-12-10(5-1)9-11-6-2-4-8-13(11)14-12;2-1(3)4/h1-9H;. The summed E-state index contributed by atoms with van der Waals surface area (Å²) in [5.41, 5.74) is 2.12. The third-order valence-corrected chi connectivity index (χ3v) is 2.43. The molecule has 1 aromatic heterocycles. The first-order chi connectivity index (χ1) is 8.66. The summed E-state index contributed by atoms with van der Waals surface area (Å²) in [6.07, 6.45) is 0. The van der Waals surface area contributed by atoms with Gasteiger partial charge in [-0.1, -0.05) is 36.4 Å². The first-order valence-corrected chi connectivity index (χ1v) is 6.02. The van der Waals surface area contributed by atoms with Crippen LogP contribution in [-0.4, -0.2) is 9.69 Å². The summed E-state index contributed by atoms with van der Waals surface area (Å²) in [6.45, 7) is 0. The fourth-order valence-corrected chi connectivity index (χ4v) is 1.72. The van der Waals surface area contributed by atoms with Crippen LogP contribution in [0.5, 0.6) is 0 Å². The minimum Gasteiger partial charge on any atom is -0.262 e. The van der Waals surface area contributed by atoms with Gasteiger partial charge < -0.3 is 0 Å². The quantitative estimate of drug-likeness (QED) is 0.429. The second kappa shape index (κ2) is 5.80. The van der Waals surface area contributed by atoms with Gasteiger partial charge in [-0.25, -0.2) is 4.98 Å². The lowest BCUT2D eigenvalue weighted by atomic mass is 10.1. The number of rotatable bonds is 0. The monoisotopic (exact) mass is 277 g/mol. The van der Waals surface area contributed by atoms with Gasteiger partial charge in [-0.2, -0.15) is 0 Å². The maximum Gasteiger partial charge on any atom is 0.313 e. The molecule has 18 heavy (non-hydrogen) atoms. The van der Waals surface area contributed by atoms with E-state index < -0.39 is 4.70 Å². The third-order valence-electron chi connectivity index (χ3n) is 2.43. The highest BCUT2D eigenvalue weighted by atomic mass is 35.5. The molecule has 0 bridgehead atoms. The van der Waals surface area contributed by atoms with E-state index in [4.69, 9.17) is 4.79 Å². The predicted octanol–water partition coefficient (Wildman–Crippen LogP) is 4.97. The fourth-order valence-electron chi connectivity index (χ4n) is 1.72. The van der Waals surface area contributed by atoms with Crippen LogP contribution >= 0.6 is 23.2 Å². The van der Waals surface area contributed by atoms with Gasteiger partial charge in [0.15, 0.2) is 0 Å². The first kappa shape index (κ1) is 12.8. The van der Waals surface area contributed by atoms with Crippen molar-refractivity contribution in [3.63, 3.8) is 0 Å². The van der Waals surface area contributed by atoms with Crippen LogP contribution in [0, 0.1) is 0 Å². The summed E-state index contributed by atoms with van der Waals surface area (Å²) in [6, 6.07) is 18.6. The second-order valence-corrected chi connectivity index (χ2v) is 4.48. The van der Waals surface area contributed by atoms with Crippen LogP contribution < -0.4 is 0 Å². The molecule has 0 fully saturated rings. The summed E-state index contributed by atoms with van der Waals surface area (Å²) in [5, 5.41) is 2.40. The Morgan fingerprint density at radius 1 is 0.833 bits per heavy atom. The van der Waals surface area contributed by atoms with E-state index in [1.807, 2.05) is 36.4 Å². The number of benzene rings is 2. The molecule has 0 saturated carbocycles. The average molecular weight is 278 g/mol. The summed E-state index contributed by atoms with van der Waals surface area (Å²) in [5.74, 6) is 0. The molecule has 3 aromatic rings. The number of carbonyl (C=O) groups excluding carboxylic acids is 1. The van der Waals surface area contributed by atoms with Crippen molar-refractivity contribution in [2.24, 2.45) is 0 Å². The smallest absolute Gasteiger partial charge is 0.262 e. The van der Waals surface area contributed by atoms with E-state index in [1.54, 1.807) is 0 Å². The Bertz CT molecular complexity index is 588. The number of pyridine rings is 1. The van der Waals surface area contributed by atoms with Gasteiger partial charge in [0, 0.05) is 10.8 Å². The first-order valence-electron chi connectivity index (χ1n) is 5.26. The fraction of sp³-hybridized carbons (Fsp3) is 0. The Hall–Kier alpha value is -1.64. The van der Waals surface area contributed by atoms with Gasteiger partial charge in [0.2, 0.25) is 0 Å². The lowest BCUT2D eigenvalue weighted by molar-refractivity contribution is 0.275. The van der Waals surface area contributed by atoms with Gasteiger partial charge in [0.1, 0.15) is 0 Å². The van der Waals surface area contributed by atoms with Crippen molar-refractivity contribution >= 4 is 49.7 Å². The number of fused-ring (bicyclic) bond motifs is 2. The Morgan fingerprint density at radius 3 is 1.67 bits per heavy atom. The number of halogens is 2. The molecule has 0 spiro atoms. The molecule has 2 nitrogen and oxygen atoms in total. The SMILES string of the molecule is O=C(Cl)Cl.c1ccc2nc3ccccc3cc2c1. The zero-order valence-corrected chi connectivity index (χ0v) is 10.8. The van der Waals surface area contributed by atoms with Crippen LogP contribution in [0.15, 0.2) is 54.6 Å². The number of hydrogen-bond donors (Lipinski definition) is 0. The van der Waals surface area contributed by atoms with Crippen molar-refractivity contribution in [1.82, 2.24) is 4.98 Å². The molecule has 0 aliphatic carbocycles. The zero-order valence-electron chi connectivity index (χ0n) is 9.31. The highest BCUT2D eigenvalue weighted by Crippen LogP contribution is 2.18. The Kier molecular flexibility index (Phi) is 4.13. The van der Waals surface area contributed by atoms with Gasteiger partial charge in [0.05, 0.1) is 11.0 Å². The van der Waals surface area contributed by atoms with E-state index in [0.717, 1.165) is 11.0 Å². The van der Waals surface area contributed by atoms with Crippen molar-refractivity contribution in [3.05, 3.63) is 54.6 Å². The Balaban J connectivity index is 0.000000267. The Labute approximate surface area is 114 Å². The summed E-state index contributed by atoms with van der Waals surface area (Å²) in [7, 11) is 0. The molecule has 0 saturated heterocycles. The molecule has 0 N–H and O–H groups in total. The number of nitrogens with zero attached hydrogens (tertiary/aromatic N) is 1. The van der Waals surface area contributed by atoms with Crippen molar-refractivity contribution in [1.29, 1.82) is 0 Å². The molecular weight excluding hydrogens is 269 g/mol. The van der Waals surface area contributed by atoms with E-state index in [-0.39, 0.29) is 0 Å². The zero-order chi connectivity index (χ0) is 13.0. The molecule has 90 valence electrons. The lowest BCUT2D eigenvalue weighted by Crippen LogP contribution is -1.80. The molecule has 0 unspecified atom stereocenters. The molecule has 1 heterocycles. The van der Waals surface area contributed by atoms with Gasteiger partial charge >= 0.3 is 4.70 Å². The van der Waals surface area contributed by atoms with Crippen molar-refractivity contribution in [2.75, 3.05) is 0 Å². The van der Waals surface area contributed by atoms with Crippen LogP contribution in [0.25, 0.3) is 21.8 Å². The third kappa shape index (κ3) is 3.19. The molecule has 4 heteroatoms. The predicted molar refractivity (Wildman–Crippen MR) is 76.4 cm³/mol. The lowest BCUT2D eigenvalue weighted by Gasteiger charge is -1.99. The topological polar surface area (TPSA) is 30.0 Å². The number of hydrogen-bond acceptors (Lipinski definition) is 2. The van der Waals surface area contributed by atoms with Crippen molar-refractivity contribution in [2.45, 2.75) is 0 Å². The van der Waals surface area contributed by atoms with E-state index >= 15 is 0 Å². The summed E-state index contributed by atoms with van der Waals surface area (Å²) >= 11 is 8.80. The normalized spacial score (nSPS) is 9.89. The maximum absolute atomic E-state index is 8.98. The molecule has 0 aliphatic heterocycles. The van der Waals surface area contributed by atoms with Crippen LogP contribution in [0.4, 0.5) is 4.79 Å². The average Bonchev–Trinajstić information content (AvgIpc) is 2.35. The van der Waals surface area contributed by atoms with E-state index in [2.05, 4.69) is 46.4 Å². The van der Waals surface area contributed by atoms with Crippen molar-refractivity contribution < 1.29 is 4.79 Å². The van der Waals surface area contributed by atoms with Crippen LogP contribution in [0.1, 0.15) is 0 Å². The van der Waals surface area contributed by atoms with Crippen LogP contribution in [0.2, 0.25) is 0 Å². The van der Waals surface area contributed by atoms with Crippen LogP contribution in [0.3, 0.4) is 0 Å². The maximum atomic E-state index is 8.98. The van der Waals surface area contributed by atoms with Crippen molar-refractivity contribution in [3.8, 4) is 0 Å². The van der Waals surface area contributed by atoms with Crippen LogP contribution in [-0.2, 0) is 0 Å². The second-order valence-electron chi connectivity index (χ2n) is 3.60. The molecule has 0 aliphatic rings. The van der Waals surface area contributed by atoms with E-state index in [1.165, 1.54) is 10.8 Å². The molecule has 0 amide bonds. The van der Waals surface area contributed by atoms with Gasteiger partial charge in [0.25, 0.3) is 0 Å². The number of para-hydroxylation sites is 2. The minimum atomic E-state index is -0.889. The molecular formula is C14H9Cl2NO. The van der Waals surface area contributed by atoms with E-state index in [0.29, 0.717) is 0 Å². The highest BCUT2D eigenvalue weighted by Gasteiger charge is 1.96. The summed E-state index contributed by atoms with van der Waals surface area (Å²) in [4.78, 5) is 13.6. The highest BCUT2D eigenvalue weighted by molar-refractivity contribution is 6.93. The van der Waals surface area contributed by atoms with E-state index in [9.17, 15) is 0 Å². The largest absolute Gasteiger partial charge is 0.313 e. The van der Waals surface area contributed by atoms with Gasteiger partial charge in [-0.15, -0.1) is 0 Å². The number of aromatic nitrogens is 1. The van der Waals surface area contributed by atoms with Gasteiger partial charge in [-0.3, -0.25) is 4.79 Å².